The topological polar surface area (TPSA) is 81.5 Å². The number of aromatic nitrogens is 3. The number of aryl methyl sites for hydroxylation is 1. The third-order valence-electron chi connectivity index (χ3n) is 4.76. The van der Waals surface area contributed by atoms with Gasteiger partial charge in [0.05, 0.1) is 23.6 Å². The molecule has 0 fully saturated rings. The lowest BCUT2D eigenvalue weighted by Gasteiger charge is -2.20. The van der Waals surface area contributed by atoms with Crippen molar-refractivity contribution >= 4 is 17.5 Å². The van der Waals surface area contributed by atoms with Crippen LogP contribution in [0.2, 0.25) is 0 Å². The fourth-order valence-electron chi connectivity index (χ4n) is 3.38. The first kappa shape index (κ1) is 18.8. The first-order valence-corrected chi connectivity index (χ1v) is 9.33. The van der Waals surface area contributed by atoms with E-state index in [1.54, 1.807) is 17.3 Å². The summed E-state index contributed by atoms with van der Waals surface area (Å²) in [6.07, 6.45) is 3.19. The van der Waals surface area contributed by atoms with E-state index in [4.69, 9.17) is 9.47 Å². The zero-order valence-corrected chi connectivity index (χ0v) is 16.9. The van der Waals surface area contributed by atoms with Crippen LogP contribution in [0.25, 0.3) is 5.69 Å². The third-order valence-corrected chi connectivity index (χ3v) is 4.76. The molecule has 0 bridgehead atoms. The lowest BCUT2D eigenvalue weighted by molar-refractivity contribution is 0.102. The zero-order chi connectivity index (χ0) is 20.5. The second-order valence-electron chi connectivity index (χ2n) is 7.07. The number of nitrogens with one attached hydrogen (secondary N) is 1. The number of rotatable bonds is 4. The van der Waals surface area contributed by atoms with Crippen LogP contribution in [0.5, 0.6) is 11.5 Å². The second-order valence-corrected chi connectivity index (χ2v) is 7.07. The number of ether oxygens (including phenoxy) is 2. The molecule has 0 saturated heterocycles. The average molecular weight is 393 g/mol. The Labute approximate surface area is 169 Å². The number of anilines is 2. The largest absolute Gasteiger partial charge is 0.486 e. The molecule has 0 spiro atoms. The summed E-state index contributed by atoms with van der Waals surface area (Å²) in [5, 5.41) is 2.87. The van der Waals surface area contributed by atoms with Crippen LogP contribution in [0.15, 0.2) is 36.7 Å². The molecule has 0 unspecified atom stereocenters. The van der Waals surface area contributed by atoms with Crippen molar-refractivity contribution in [1.29, 1.82) is 0 Å². The van der Waals surface area contributed by atoms with Gasteiger partial charge in [0.1, 0.15) is 13.2 Å². The lowest BCUT2D eigenvalue weighted by Crippen LogP contribution is -2.16. The molecule has 0 radical (unpaired) electrons. The highest BCUT2D eigenvalue weighted by Crippen LogP contribution is 2.33. The van der Waals surface area contributed by atoms with Gasteiger partial charge in [-0.25, -0.2) is 9.97 Å². The number of benzene rings is 1. The Morgan fingerprint density at radius 2 is 1.76 bits per heavy atom. The Morgan fingerprint density at radius 3 is 2.45 bits per heavy atom. The van der Waals surface area contributed by atoms with Crippen LogP contribution >= 0.6 is 0 Å². The summed E-state index contributed by atoms with van der Waals surface area (Å²) >= 11 is 0. The molecule has 8 heteroatoms. The monoisotopic (exact) mass is 393 g/mol. The van der Waals surface area contributed by atoms with Gasteiger partial charge in [0.15, 0.2) is 11.5 Å². The van der Waals surface area contributed by atoms with E-state index in [-0.39, 0.29) is 5.91 Å². The molecule has 8 nitrogen and oxygen atoms in total. The van der Waals surface area contributed by atoms with E-state index in [0.717, 1.165) is 22.8 Å². The molecule has 1 aromatic carbocycles. The molecule has 1 aliphatic heterocycles. The summed E-state index contributed by atoms with van der Waals surface area (Å²) < 4.78 is 13.3. The van der Waals surface area contributed by atoms with Crippen molar-refractivity contribution in [2.45, 2.75) is 13.8 Å². The van der Waals surface area contributed by atoms with Gasteiger partial charge in [0.2, 0.25) is 5.95 Å². The number of nitrogens with zero attached hydrogens (tertiary/aromatic N) is 4. The van der Waals surface area contributed by atoms with Gasteiger partial charge in [-0.15, -0.1) is 0 Å². The van der Waals surface area contributed by atoms with Crippen LogP contribution in [-0.4, -0.2) is 47.8 Å². The van der Waals surface area contributed by atoms with Crippen molar-refractivity contribution in [3.05, 3.63) is 53.6 Å². The van der Waals surface area contributed by atoms with E-state index >= 15 is 0 Å². The van der Waals surface area contributed by atoms with Gasteiger partial charge in [0, 0.05) is 37.2 Å². The van der Waals surface area contributed by atoms with E-state index < -0.39 is 0 Å². The number of fused-ring (bicyclic) bond motifs is 1. The summed E-state index contributed by atoms with van der Waals surface area (Å²) in [7, 11) is 3.72. The maximum Gasteiger partial charge on any atom is 0.257 e. The fraction of sp³-hybridized carbons (Fsp3) is 0.286. The molecule has 1 amide bonds. The van der Waals surface area contributed by atoms with Crippen molar-refractivity contribution in [2.24, 2.45) is 0 Å². The van der Waals surface area contributed by atoms with E-state index in [2.05, 4.69) is 15.3 Å². The molecule has 0 saturated carbocycles. The highest BCUT2D eigenvalue weighted by molar-refractivity contribution is 6.05. The van der Waals surface area contributed by atoms with Crippen LogP contribution in [0, 0.1) is 13.8 Å². The van der Waals surface area contributed by atoms with Gasteiger partial charge >= 0.3 is 0 Å². The van der Waals surface area contributed by atoms with Crippen molar-refractivity contribution < 1.29 is 14.3 Å². The lowest BCUT2D eigenvalue weighted by atomic mass is 10.2. The van der Waals surface area contributed by atoms with Gasteiger partial charge in [-0.1, -0.05) is 0 Å². The molecule has 1 aliphatic rings. The Bertz CT molecular complexity index is 1060. The van der Waals surface area contributed by atoms with Crippen LogP contribution in [0.4, 0.5) is 11.6 Å². The molecule has 150 valence electrons. The Morgan fingerprint density at radius 1 is 1.07 bits per heavy atom. The molecular formula is C21H23N5O3. The molecule has 0 aliphatic carbocycles. The molecule has 3 heterocycles. The van der Waals surface area contributed by atoms with Crippen molar-refractivity contribution in [1.82, 2.24) is 14.5 Å². The van der Waals surface area contributed by atoms with Crippen molar-refractivity contribution in [3.8, 4) is 17.2 Å². The second kappa shape index (κ2) is 7.46. The van der Waals surface area contributed by atoms with Crippen LogP contribution in [0.3, 0.4) is 0 Å². The minimum Gasteiger partial charge on any atom is -0.486 e. The van der Waals surface area contributed by atoms with Crippen LogP contribution in [0.1, 0.15) is 21.7 Å². The number of hydrogen-bond donors (Lipinski definition) is 1. The summed E-state index contributed by atoms with van der Waals surface area (Å²) in [6.45, 7) is 4.97. The predicted octanol–water partition coefficient (Wildman–Crippen LogP) is 2.97. The maximum atomic E-state index is 12.8. The Hall–Kier alpha value is -3.55. The minimum atomic E-state index is -0.205. The summed E-state index contributed by atoms with van der Waals surface area (Å²) in [4.78, 5) is 23.1. The van der Waals surface area contributed by atoms with Crippen molar-refractivity contribution in [3.63, 3.8) is 0 Å². The fourth-order valence-corrected chi connectivity index (χ4v) is 3.38. The molecule has 4 rings (SSSR count). The third kappa shape index (κ3) is 3.61. The van der Waals surface area contributed by atoms with Gasteiger partial charge < -0.3 is 24.3 Å². The molecule has 1 N–H and O–H groups in total. The minimum absolute atomic E-state index is 0.205. The molecule has 3 aromatic rings. The summed E-state index contributed by atoms with van der Waals surface area (Å²) in [6, 6.07) is 7.66. The van der Waals surface area contributed by atoms with Crippen molar-refractivity contribution in [2.75, 3.05) is 37.5 Å². The van der Waals surface area contributed by atoms with E-state index in [9.17, 15) is 4.79 Å². The average Bonchev–Trinajstić information content (AvgIpc) is 3.02. The number of carbonyl (C=O) groups is 1. The van der Waals surface area contributed by atoms with E-state index in [1.807, 2.05) is 56.8 Å². The first-order chi connectivity index (χ1) is 13.9. The maximum absolute atomic E-state index is 12.8. The van der Waals surface area contributed by atoms with Crippen LogP contribution < -0.4 is 19.7 Å². The summed E-state index contributed by atoms with van der Waals surface area (Å²) in [5.74, 6) is 1.83. The summed E-state index contributed by atoms with van der Waals surface area (Å²) in [5.41, 5.74) is 3.84. The first-order valence-electron chi connectivity index (χ1n) is 9.33. The van der Waals surface area contributed by atoms with Gasteiger partial charge in [-0.2, -0.15) is 0 Å². The smallest absolute Gasteiger partial charge is 0.257 e. The Kier molecular flexibility index (Phi) is 4.84. The molecule has 29 heavy (non-hydrogen) atoms. The SMILES string of the molecule is Cc1cc(C(=O)Nc2cnc(N(C)C)nc2)c(C)n1-c1ccc2c(c1)OCCO2. The van der Waals surface area contributed by atoms with Crippen LogP contribution in [-0.2, 0) is 0 Å². The standard InChI is InChI=1S/C21H23N5O3/c1-13-9-17(20(27)24-15-11-22-21(23-12-15)25(3)4)14(2)26(13)16-5-6-18-19(10-16)29-8-7-28-18/h5-6,9-12H,7-8H2,1-4H3,(H,24,27). The van der Waals surface area contributed by atoms with Gasteiger partial charge in [-0.05, 0) is 32.0 Å². The molecular weight excluding hydrogens is 370 g/mol. The van der Waals surface area contributed by atoms with Gasteiger partial charge in [0.25, 0.3) is 5.91 Å². The Balaban J connectivity index is 1.60. The zero-order valence-electron chi connectivity index (χ0n) is 16.9. The predicted molar refractivity (Wildman–Crippen MR) is 111 cm³/mol. The number of hydrogen-bond acceptors (Lipinski definition) is 6. The number of carbonyl (C=O) groups excluding carboxylic acids is 1. The van der Waals surface area contributed by atoms with Gasteiger partial charge in [-0.3, -0.25) is 4.79 Å². The normalized spacial score (nSPS) is 12.6. The highest BCUT2D eigenvalue weighted by Gasteiger charge is 2.19. The molecule has 2 aromatic heterocycles. The highest BCUT2D eigenvalue weighted by atomic mass is 16.6. The van der Waals surface area contributed by atoms with E-state index in [0.29, 0.717) is 36.2 Å². The van der Waals surface area contributed by atoms with E-state index in [1.165, 1.54) is 0 Å². The number of amides is 1. The molecule has 0 atom stereocenters. The quantitative estimate of drug-likeness (QED) is 0.734.